The van der Waals surface area contributed by atoms with Crippen LogP contribution in [0.2, 0.25) is 0 Å². The van der Waals surface area contributed by atoms with E-state index in [1.807, 2.05) is 37.3 Å². The molecule has 2 N–H and O–H groups in total. The second kappa shape index (κ2) is 8.25. The zero-order chi connectivity index (χ0) is 18.4. The van der Waals surface area contributed by atoms with Crippen LogP contribution in [0.5, 0.6) is 0 Å². The van der Waals surface area contributed by atoms with Crippen molar-refractivity contribution in [2.45, 2.75) is 19.5 Å². The van der Waals surface area contributed by atoms with E-state index in [0.717, 1.165) is 16.8 Å². The van der Waals surface area contributed by atoms with Crippen LogP contribution in [0.15, 0.2) is 72.9 Å². The highest BCUT2D eigenvalue weighted by Gasteiger charge is 2.12. The number of benzene rings is 2. The molecule has 0 radical (unpaired) electrons. The standard InChI is InChI=1S/C21H20FN3O/c1-15(17-5-3-2-4-6-17)25-21(26)20-13-19(11-12-23-20)24-14-16-7-9-18(22)10-8-16/h2-13,15H,14H2,1H3,(H,23,24)(H,25,26). The van der Waals surface area contributed by atoms with E-state index in [-0.39, 0.29) is 17.8 Å². The number of carbonyl (C=O) groups is 1. The van der Waals surface area contributed by atoms with Gasteiger partial charge in [-0.25, -0.2) is 4.39 Å². The van der Waals surface area contributed by atoms with Crippen molar-refractivity contribution in [2.75, 3.05) is 5.32 Å². The van der Waals surface area contributed by atoms with Gasteiger partial charge < -0.3 is 10.6 Å². The van der Waals surface area contributed by atoms with Gasteiger partial charge >= 0.3 is 0 Å². The van der Waals surface area contributed by atoms with Gasteiger partial charge in [0.1, 0.15) is 11.5 Å². The van der Waals surface area contributed by atoms with Crippen LogP contribution in [0.1, 0.15) is 34.6 Å². The Bertz CT molecular complexity index is 866. The van der Waals surface area contributed by atoms with E-state index in [9.17, 15) is 9.18 Å². The summed E-state index contributed by atoms with van der Waals surface area (Å²) in [4.78, 5) is 16.6. The van der Waals surface area contributed by atoms with Gasteiger partial charge in [0.15, 0.2) is 0 Å². The van der Waals surface area contributed by atoms with Gasteiger partial charge in [-0.1, -0.05) is 42.5 Å². The molecule has 0 aliphatic rings. The molecule has 1 unspecified atom stereocenters. The Kier molecular flexibility index (Phi) is 5.59. The summed E-state index contributed by atoms with van der Waals surface area (Å²) in [5, 5.41) is 6.17. The lowest BCUT2D eigenvalue weighted by Crippen LogP contribution is -2.27. The fourth-order valence-corrected chi connectivity index (χ4v) is 2.57. The minimum Gasteiger partial charge on any atom is -0.381 e. The molecule has 0 bridgehead atoms. The zero-order valence-corrected chi connectivity index (χ0v) is 14.4. The van der Waals surface area contributed by atoms with Crippen molar-refractivity contribution in [3.8, 4) is 0 Å². The molecule has 3 aromatic rings. The molecule has 0 saturated carbocycles. The van der Waals surface area contributed by atoms with Crippen LogP contribution in [0.3, 0.4) is 0 Å². The van der Waals surface area contributed by atoms with E-state index in [4.69, 9.17) is 0 Å². The molecule has 0 aliphatic carbocycles. The predicted molar refractivity (Wildman–Crippen MR) is 100 cm³/mol. The number of aromatic nitrogens is 1. The maximum atomic E-state index is 12.9. The maximum absolute atomic E-state index is 12.9. The number of nitrogens with one attached hydrogen (secondary N) is 2. The third kappa shape index (κ3) is 4.66. The third-order valence-corrected chi connectivity index (χ3v) is 4.05. The van der Waals surface area contributed by atoms with Gasteiger partial charge in [-0.15, -0.1) is 0 Å². The van der Waals surface area contributed by atoms with Gasteiger partial charge in [0.2, 0.25) is 0 Å². The Morgan fingerprint density at radius 2 is 1.81 bits per heavy atom. The smallest absolute Gasteiger partial charge is 0.270 e. The summed E-state index contributed by atoms with van der Waals surface area (Å²) in [5.41, 5.74) is 3.11. The molecule has 132 valence electrons. The molecular formula is C21H20FN3O. The topological polar surface area (TPSA) is 54.0 Å². The molecule has 0 aliphatic heterocycles. The van der Waals surface area contributed by atoms with Crippen LogP contribution >= 0.6 is 0 Å². The molecule has 0 spiro atoms. The number of amides is 1. The summed E-state index contributed by atoms with van der Waals surface area (Å²) in [6, 6.07) is 19.4. The van der Waals surface area contributed by atoms with E-state index < -0.39 is 0 Å². The highest BCUT2D eigenvalue weighted by Crippen LogP contribution is 2.14. The molecule has 26 heavy (non-hydrogen) atoms. The molecule has 5 heteroatoms. The van der Waals surface area contributed by atoms with E-state index in [2.05, 4.69) is 15.6 Å². The Morgan fingerprint density at radius 1 is 1.08 bits per heavy atom. The first-order valence-electron chi connectivity index (χ1n) is 8.42. The largest absolute Gasteiger partial charge is 0.381 e. The molecular weight excluding hydrogens is 329 g/mol. The first kappa shape index (κ1) is 17.6. The normalized spacial score (nSPS) is 11.6. The number of rotatable bonds is 6. The zero-order valence-electron chi connectivity index (χ0n) is 14.4. The lowest BCUT2D eigenvalue weighted by Gasteiger charge is -2.14. The van der Waals surface area contributed by atoms with E-state index in [1.54, 1.807) is 30.5 Å². The number of nitrogens with zero attached hydrogens (tertiary/aromatic N) is 1. The highest BCUT2D eigenvalue weighted by atomic mass is 19.1. The summed E-state index contributed by atoms with van der Waals surface area (Å²) in [5.74, 6) is -0.490. The fraction of sp³-hybridized carbons (Fsp3) is 0.143. The van der Waals surface area contributed by atoms with Crippen LogP contribution in [0.4, 0.5) is 10.1 Å². The van der Waals surface area contributed by atoms with Crippen molar-refractivity contribution in [1.82, 2.24) is 10.3 Å². The summed E-state index contributed by atoms with van der Waals surface area (Å²) < 4.78 is 12.9. The average molecular weight is 349 g/mol. The average Bonchev–Trinajstić information content (AvgIpc) is 2.68. The monoisotopic (exact) mass is 349 g/mol. The third-order valence-electron chi connectivity index (χ3n) is 4.05. The molecule has 2 aromatic carbocycles. The molecule has 0 saturated heterocycles. The van der Waals surface area contributed by atoms with Crippen LogP contribution in [-0.2, 0) is 6.54 Å². The van der Waals surface area contributed by atoms with E-state index >= 15 is 0 Å². The Balaban J connectivity index is 1.62. The first-order valence-corrected chi connectivity index (χ1v) is 8.42. The van der Waals surface area contributed by atoms with Crippen LogP contribution < -0.4 is 10.6 Å². The lowest BCUT2D eigenvalue weighted by molar-refractivity contribution is 0.0935. The van der Waals surface area contributed by atoms with Gasteiger partial charge in [0.05, 0.1) is 6.04 Å². The van der Waals surface area contributed by atoms with E-state index in [1.165, 1.54) is 12.1 Å². The molecule has 1 atom stereocenters. The van der Waals surface area contributed by atoms with Gasteiger partial charge in [0.25, 0.3) is 5.91 Å². The van der Waals surface area contributed by atoms with Crippen molar-refractivity contribution in [2.24, 2.45) is 0 Å². The van der Waals surface area contributed by atoms with Gasteiger partial charge in [-0.2, -0.15) is 0 Å². The first-order chi connectivity index (χ1) is 12.6. The number of hydrogen-bond donors (Lipinski definition) is 2. The van der Waals surface area contributed by atoms with Crippen molar-refractivity contribution in [1.29, 1.82) is 0 Å². The molecule has 1 aromatic heterocycles. The number of hydrogen-bond acceptors (Lipinski definition) is 3. The summed E-state index contributed by atoms with van der Waals surface area (Å²) in [7, 11) is 0. The Hall–Kier alpha value is -3.21. The summed E-state index contributed by atoms with van der Waals surface area (Å²) in [6.45, 7) is 2.47. The van der Waals surface area contributed by atoms with Crippen molar-refractivity contribution in [3.05, 3.63) is 95.6 Å². The van der Waals surface area contributed by atoms with Crippen molar-refractivity contribution in [3.63, 3.8) is 0 Å². The molecule has 1 heterocycles. The second-order valence-electron chi connectivity index (χ2n) is 6.02. The van der Waals surface area contributed by atoms with E-state index in [0.29, 0.717) is 12.2 Å². The van der Waals surface area contributed by atoms with Gasteiger partial charge in [-0.3, -0.25) is 9.78 Å². The van der Waals surface area contributed by atoms with Crippen LogP contribution in [0.25, 0.3) is 0 Å². The summed E-state index contributed by atoms with van der Waals surface area (Å²) >= 11 is 0. The SMILES string of the molecule is CC(NC(=O)c1cc(NCc2ccc(F)cc2)ccn1)c1ccccc1. The highest BCUT2D eigenvalue weighted by molar-refractivity contribution is 5.93. The molecule has 3 rings (SSSR count). The van der Waals surface area contributed by atoms with Crippen molar-refractivity contribution < 1.29 is 9.18 Å². The number of pyridine rings is 1. The predicted octanol–water partition coefficient (Wildman–Crippen LogP) is 4.32. The number of carbonyl (C=O) groups excluding carboxylic acids is 1. The number of halogens is 1. The fourth-order valence-electron chi connectivity index (χ4n) is 2.57. The van der Waals surface area contributed by atoms with Crippen LogP contribution in [-0.4, -0.2) is 10.9 Å². The molecule has 4 nitrogen and oxygen atoms in total. The van der Waals surface area contributed by atoms with Gasteiger partial charge in [-0.05, 0) is 42.3 Å². The molecule has 0 fully saturated rings. The summed E-state index contributed by atoms with van der Waals surface area (Å²) in [6.07, 6.45) is 1.59. The Morgan fingerprint density at radius 3 is 2.54 bits per heavy atom. The second-order valence-corrected chi connectivity index (χ2v) is 6.02. The maximum Gasteiger partial charge on any atom is 0.270 e. The minimum atomic E-state index is -0.260. The molecule has 1 amide bonds. The van der Waals surface area contributed by atoms with Crippen LogP contribution in [0, 0.1) is 5.82 Å². The quantitative estimate of drug-likeness (QED) is 0.697. The number of anilines is 1. The van der Waals surface area contributed by atoms with Gasteiger partial charge in [0, 0.05) is 18.4 Å². The lowest BCUT2D eigenvalue weighted by atomic mass is 10.1. The minimum absolute atomic E-state index is 0.110. The van der Waals surface area contributed by atoms with Crippen molar-refractivity contribution >= 4 is 11.6 Å². The Labute approximate surface area is 152 Å².